The average molecular weight is 433 g/mol. The van der Waals surface area contributed by atoms with Gasteiger partial charge in [-0.25, -0.2) is 4.98 Å². The molecule has 0 saturated heterocycles. The number of pyridine rings is 1. The van der Waals surface area contributed by atoms with Crippen LogP contribution in [0.3, 0.4) is 0 Å². The van der Waals surface area contributed by atoms with E-state index in [1.807, 2.05) is 0 Å². The van der Waals surface area contributed by atoms with Crippen LogP contribution in [0.5, 0.6) is 11.6 Å². The molecule has 0 N–H and O–H groups in total. The number of carbonyl (C=O) groups excluding carboxylic acids is 7. The molecule has 0 radical (unpaired) electrons. The first-order valence-corrected chi connectivity index (χ1v) is 9.55. The van der Waals surface area contributed by atoms with Gasteiger partial charge in [-0.05, 0) is 45.0 Å². The zero-order chi connectivity index (χ0) is 23.5. The van der Waals surface area contributed by atoms with Gasteiger partial charge in [0, 0.05) is 22.8 Å². The molecular weight excluding hydrogens is 418 g/mol. The molecule has 4 rings (SSSR count). The molecule has 0 bridgehead atoms. The molecule has 0 spiro atoms. The molecule has 2 aliphatic carbocycles. The van der Waals surface area contributed by atoms with E-state index in [-0.39, 0.29) is 34.0 Å². The third-order valence-corrected chi connectivity index (χ3v) is 5.74. The van der Waals surface area contributed by atoms with Crippen LogP contribution in [0.2, 0.25) is 0 Å². The quantitative estimate of drug-likeness (QED) is 0.647. The van der Waals surface area contributed by atoms with Crippen LogP contribution in [0, 0.1) is 11.3 Å². The highest BCUT2D eigenvalue weighted by Crippen LogP contribution is 2.39. The Morgan fingerprint density at radius 2 is 1.41 bits per heavy atom. The fraction of sp³-hybridized carbons (Fsp3) is 0.217. The standard InChI is InChI=1S/C23H15NO8/c1-9(25)17-19(28)13-5-4-12(8-15(13)20(17)29)32-16-7-6-14-18(24-16)22(31)23(10(2)26,11(3)27)21(14)30/h4-8,17H,1-3H3. The van der Waals surface area contributed by atoms with E-state index in [2.05, 4.69) is 4.98 Å². The first-order chi connectivity index (χ1) is 15.0. The first-order valence-electron chi connectivity index (χ1n) is 9.55. The molecule has 9 nitrogen and oxygen atoms in total. The molecule has 1 aromatic heterocycles. The first kappa shape index (κ1) is 21.1. The number of hydrogen-bond donors (Lipinski definition) is 0. The number of rotatable bonds is 5. The van der Waals surface area contributed by atoms with Crippen LogP contribution in [-0.4, -0.2) is 45.5 Å². The zero-order valence-corrected chi connectivity index (χ0v) is 17.2. The summed E-state index contributed by atoms with van der Waals surface area (Å²) in [5.41, 5.74) is -2.81. The number of aromatic nitrogens is 1. The molecule has 32 heavy (non-hydrogen) atoms. The van der Waals surface area contributed by atoms with Crippen molar-refractivity contribution in [3.63, 3.8) is 0 Å². The highest BCUT2D eigenvalue weighted by Gasteiger charge is 2.61. The lowest BCUT2D eigenvalue weighted by atomic mass is 9.76. The number of ether oxygens (including phenoxy) is 1. The summed E-state index contributed by atoms with van der Waals surface area (Å²) in [5.74, 6) is -6.86. The Morgan fingerprint density at radius 1 is 0.812 bits per heavy atom. The van der Waals surface area contributed by atoms with Crippen LogP contribution >= 0.6 is 0 Å². The summed E-state index contributed by atoms with van der Waals surface area (Å²) in [6, 6.07) is 6.55. The molecule has 2 aromatic rings. The number of nitrogens with zero attached hydrogens (tertiary/aromatic N) is 1. The minimum Gasteiger partial charge on any atom is -0.439 e. The molecule has 0 fully saturated rings. The van der Waals surface area contributed by atoms with Gasteiger partial charge in [-0.2, -0.15) is 0 Å². The SMILES string of the molecule is CC(=O)C1C(=O)c2ccc(Oc3ccc4c(n3)C(=O)C(C(C)=O)(C(C)=O)C4=O)cc2C1=O. The average Bonchev–Trinajstić information content (AvgIpc) is 3.10. The van der Waals surface area contributed by atoms with Crippen LogP contribution < -0.4 is 4.74 Å². The smallest absolute Gasteiger partial charge is 0.219 e. The number of hydrogen-bond acceptors (Lipinski definition) is 9. The minimum absolute atomic E-state index is 0.0345. The number of ketones is 7. The van der Waals surface area contributed by atoms with E-state index >= 15 is 0 Å². The number of Topliss-reactive ketones (excluding diaryl/α,β-unsaturated/α-hetero) is 7. The molecule has 1 heterocycles. The summed E-state index contributed by atoms with van der Waals surface area (Å²) in [6.07, 6.45) is 0. The normalized spacial score (nSPS) is 18.4. The Bertz CT molecular complexity index is 1310. The van der Waals surface area contributed by atoms with Crippen molar-refractivity contribution in [1.82, 2.24) is 4.98 Å². The molecule has 1 atom stereocenters. The lowest BCUT2D eigenvalue weighted by Gasteiger charge is -2.18. The topological polar surface area (TPSA) is 142 Å². The van der Waals surface area contributed by atoms with E-state index in [9.17, 15) is 33.6 Å². The zero-order valence-electron chi connectivity index (χ0n) is 17.2. The lowest BCUT2D eigenvalue weighted by Crippen LogP contribution is -2.46. The lowest BCUT2D eigenvalue weighted by molar-refractivity contribution is -0.132. The maximum absolute atomic E-state index is 12.9. The Morgan fingerprint density at radius 3 is 2.00 bits per heavy atom. The molecule has 1 unspecified atom stereocenters. The van der Waals surface area contributed by atoms with Gasteiger partial charge < -0.3 is 4.74 Å². The van der Waals surface area contributed by atoms with Gasteiger partial charge in [0.1, 0.15) is 23.1 Å². The maximum Gasteiger partial charge on any atom is 0.219 e. The molecule has 0 amide bonds. The van der Waals surface area contributed by atoms with Gasteiger partial charge in [0.25, 0.3) is 0 Å². The van der Waals surface area contributed by atoms with E-state index in [1.165, 1.54) is 37.3 Å². The number of benzene rings is 1. The van der Waals surface area contributed by atoms with Crippen LogP contribution in [0.1, 0.15) is 62.3 Å². The maximum atomic E-state index is 12.9. The molecule has 0 aliphatic heterocycles. The second-order valence-electron chi connectivity index (χ2n) is 7.65. The van der Waals surface area contributed by atoms with Crippen LogP contribution in [0.25, 0.3) is 0 Å². The highest BCUT2D eigenvalue weighted by molar-refractivity contribution is 6.48. The van der Waals surface area contributed by atoms with Crippen molar-refractivity contribution >= 4 is 40.5 Å². The third kappa shape index (κ3) is 2.64. The second kappa shape index (κ2) is 6.94. The van der Waals surface area contributed by atoms with Crippen molar-refractivity contribution in [3.05, 3.63) is 52.7 Å². The number of carbonyl (C=O) groups is 7. The fourth-order valence-corrected chi connectivity index (χ4v) is 4.15. The predicted octanol–water partition coefficient (Wildman–Crippen LogP) is 2.00. The molecule has 0 saturated carbocycles. The van der Waals surface area contributed by atoms with Gasteiger partial charge in [0.2, 0.25) is 17.1 Å². The summed E-state index contributed by atoms with van der Waals surface area (Å²) < 4.78 is 5.59. The van der Waals surface area contributed by atoms with Crippen LogP contribution in [-0.2, 0) is 14.4 Å². The summed E-state index contributed by atoms with van der Waals surface area (Å²) in [5, 5.41) is 0. The summed E-state index contributed by atoms with van der Waals surface area (Å²) in [6.45, 7) is 3.16. The van der Waals surface area contributed by atoms with Gasteiger partial charge in [-0.1, -0.05) is 0 Å². The largest absolute Gasteiger partial charge is 0.439 e. The Balaban J connectivity index is 1.70. The molecule has 1 aromatic carbocycles. The second-order valence-corrected chi connectivity index (χ2v) is 7.65. The molecule has 160 valence electrons. The van der Waals surface area contributed by atoms with E-state index < -0.39 is 51.8 Å². The monoisotopic (exact) mass is 433 g/mol. The van der Waals surface area contributed by atoms with Gasteiger partial charge in [-0.15, -0.1) is 0 Å². The highest BCUT2D eigenvalue weighted by atomic mass is 16.5. The summed E-state index contributed by atoms with van der Waals surface area (Å²) >= 11 is 0. The van der Waals surface area contributed by atoms with Gasteiger partial charge in [0.15, 0.2) is 28.9 Å². The fourth-order valence-electron chi connectivity index (χ4n) is 4.15. The number of fused-ring (bicyclic) bond motifs is 2. The van der Waals surface area contributed by atoms with E-state index in [1.54, 1.807) is 0 Å². The summed E-state index contributed by atoms with van der Waals surface area (Å²) in [7, 11) is 0. The Kier molecular flexibility index (Phi) is 4.58. The van der Waals surface area contributed by atoms with Gasteiger partial charge in [-0.3, -0.25) is 33.6 Å². The Hall–Kier alpha value is -4.14. The van der Waals surface area contributed by atoms with E-state index in [4.69, 9.17) is 4.74 Å². The van der Waals surface area contributed by atoms with Crippen molar-refractivity contribution < 1.29 is 38.3 Å². The van der Waals surface area contributed by atoms with E-state index in [0.29, 0.717) is 0 Å². The van der Waals surface area contributed by atoms with E-state index in [0.717, 1.165) is 13.8 Å². The molecule has 2 aliphatic rings. The summed E-state index contributed by atoms with van der Waals surface area (Å²) in [4.78, 5) is 90.1. The molecule has 9 heteroatoms. The Labute approximate surface area is 180 Å². The predicted molar refractivity (Wildman–Crippen MR) is 106 cm³/mol. The van der Waals surface area contributed by atoms with Crippen molar-refractivity contribution in [1.29, 1.82) is 0 Å². The molecular formula is C23H15NO8. The third-order valence-electron chi connectivity index (χ3n) is 5.74. The minimum atomic E-state index is -2.43. The van der Waals surface area contributed by atoms with Gasteiger partial charge in [0.05, 0.1) is 0 Å². The van der Waals surface area contributed by atoms with Crippen molar-refractivity contribution in [2.24, 2.45) is 11.3 Å². The van der Waals surface area contributed by atoms with Crippen molar-refractivity contribution in [3.8, 4) is 11.6 Å². The van der Waals surface area contributed by atoms with Crippen LogP contribution in [0.4, 0.5) is 0 Å². The van der Waals surface area contributed by atoms with Crippen molar-refractivity contribution in [2.75, 3.05) is 0 Å². The van der Waals surface area contributed by atoms with Crippen molar-refractivity contribution in [2.45, 2.75) is 20.8 Å². The van der Waals surface area contributed by atoms with Crippen LogP contribution in [0.15, 0.2) is 30.3 Å². The van der Waals surface area contributed by atoms with Gasteiger partial charge >= 0.3 is 0 Å².